The number of primary amides is 2. The minimum Gasteiger partial charge on any atom is -0.369 e. The van der Waals surface area contributed by atoms with Gasteiger partial charge in [-0.1, -0.05) is 11.6 Å². The van der Waals surface area contributed by atoms with Gasteiger partial charge in [-0.05, 0) is 18.2 Å². The van der Waals surface area contributed by atoms with Crippen LogP contribution >= 0.6 is 11.6 Å². The van der Waals surface area contributed by atoms with Gasteiger partial charge in [-0.15, -0.1) is 0 Å². The Hall–Kier alpha value is -1.71. The number of benzene rings is 1. The van der Waals surface area contributed by atoms with Crippen molar-refractivity contribution in [2.75, 3.05) is 13.1 Å². The molecule has 110 valence electrons. The van der Waals surface area contributed by atoms with Gasteiger partial charge >= 0.3 is 0 Å². The molecule has 0 spiro atoms. The van der Waals surface area contributed by atoms with Crippen molar-refractivity contribution in [2.24, 2.45) is 11.5 Å². The van der Waals surface area contributed by atoms with Crippen LogP contribution in [0.2, 0.25) is 5.02 Å². The lowest BCUT2D eigenvalue weighted by Crippen LogP contribution is -2.43. The van der Waals surface area contributed by atoms with Crippen LogP contribution in [0.25, 0.3) is 0 Å². The van der Waals surface area contributed by atoms with Crippen LogP contribution in [0.4, 0.5) is 4.39 Å². The molecule has 0 unspecified atom stereocenters. The van der Waals surface area contributed by atoms with Crippen molar-refractivity contribution in [3.8, 4) is 0 Å². The maximum absolute atomic E-state index is 13.0. The van der Waals surface area contributed by atoms with E-state index in [-0.39, 0.29) is 4.90 Å². The zero-order valence-electron chi connectivity index (χ0n) is 10.0. The summed E-state index contributed by atoms with van der Waals surface area (Å²) >= 11 is 5.49. The first-order valence-corrected chi connectivity index (χ1v) is 6.98. The van der Waals surface area contributed by atoms with Gasteiger partial charge in [0.1, 0.15) is 5.82 Å². The van der Waals surface area contributed by atoms with E-state index in [1.165, 1.54) is 0 Å². The molecule has 0 aliphatic rings. The fourth-order valence-corrected chi connectivity index (χ4v) is 3.00. The highest BCUT2D eigenvalue weighted by atomic mass is 35.5. The molecule has 0 radical (unpaired) electrons. The monoisotopic (exact) mass is 323 g/mol. The van der Waals surface area contributed by atoms with Crippen LogP contribution in [0.1, 0.15) is 0 Å². The van der Waals surface area contributed by atoms with E-state index < -0.39 is 45.8 Å². The van der Waals surface area contributed by atoms with Gasteiger partial charge in [0.2, 0.25) is 21.8 Å². The summed E-state index contributed by atoms with van der Waals surface area (Å²) in [4.78, 5) is 21.4. The molecule has 20 heavy (non-hydrogen) atoms. The lowest BCUT2D eigenvalue weighted by Gasteiger charge is -2.19. The third-order valence-corrected chi connectivity index (χ3v) is 4.27. The molecule has 0 aromatic heterocycles. The molecule has 1 aromatic rings. The summed E-state index contributed by atoms with van der Waals surface area (Å²) < 4.78 is 37.9. The first-order valence-electron chi connectivity index (χ1n) is 5.16. The standard InChI is InChI=1S/C10H11ClFN3O4S/c11-7-3-6(1-2-8(7)12)20(18,19)15(4-9(13)16)5-10(14)17/h1-3H,4-5H2,(H2,13,16)(H2,14,17). The van der Waals surface area contributed by atoms with Crippen LogP contribution in [-0.2, 0) is 19.6 Å². The summed E-state index contributed by atoms with van der Waals surface area (Å²) in [6, 6.07) is 2.66. The van der Waals surface area contributed by atoms with Gasteiger partial charge in [0.25, 0.3) is 0 Å². The van der Waals surface area contributed by atoms with Gasteiger partial charge in [-0.2, -0.15) is 4.31 Å². The predicted molar refractivity (Wildman–Crippen MR) is 68.6 cm³/mol. The second kappa shape index (κ2) is 6.16. The Morgan fingerprint density at radius 1 is 1.20 bits per heavy atom. The fourth-order valence-electron chi connectivity index (χ4n) is 1.36. The van der Waals surface area contributed by atoms with Crippen molar-refractivity contribution in [3.63, 3.8) is 0 Å². The molecule has 0 saturated heterocycles. The summed E-state index contributed by atoms with van der Waals surface area (Å²) in [5.74, 6) is -2.74. The molecule has 0 heterocycles. The van der Waals surface area contributed by atoms with E-state index in [1.807, 2.05) is 0 Å². The number of carbonyl (C=O) groups is 2. The Morgan fingerprint density at radius 2 is 1.70 bits per heavy atom. The first-order chi connectivity index (χ1) is 9.14. The van der Waals surface area contributed by atoms with Crippen LogP contribution < -0.4 is 11.5 Å². The molecule has 0 fully saturated rings. The molecular weight excluding hydrogens is 313 g/mol. The lowest BCUT2D eigenvalue weighted by atomic mass is 10.3. The molecular formula is C10H11ClFN3O4S. The Kier molecular flexibility index (Phi) is 5.03. The van der Waals surface area contributed by atoms with Crippen molar-refractivity contribution in [3.05, 3.63) is 29.0 Å². The van der Waals surface area contributed by atoms with Gasteiger partial charge in [0.15, 0.2) is 0 Å². The molecule has 2 amide bonds. The number of sulfonamides is 1. The highest BCUT2D eigenvalue weighted by Crippen LogP contribution is 2.22. The molecule has 1 aromatic carbocycles. The molecule has 0 saturated carbocycles. The maximum Gasteiger partial charge on any atom is 0.244 e. The summed E-state index contributed by atoms with van der Waals surface area (Å²) in [7, 11) is -4.25. The van der Waals surface area contributed by atoms with E-state index in [1.54, 1.807) is 0 Å². The minimum absolute atomic E-state index is 0.383. The van der Waals surface area contributed by atoms with Crippen LogP contribution in [0, 0.1) is 5.82 Å². The van der Waals surface area contributed by atoms with Crippen LogP contribution in [-0.4, -0.2) is 37.6 Å². The SMILES string of the molecule is NC(=O)CN(CC(N)=O)S(=O)(=O)c1ccc(F)c(Cl)c1. The van der Waals surface area contributed by atoms with Crippen molar-refractivity contribution in [2.45, 2.75) is 4.90 Å². The third kappa shape index (κ3) is 3.89. The minimum atomic E-state index is -4.25. The Morgan fingerprint density at radius 3 is 2.10 bits per heavy atom. The van der Waals surface area contributed by atoms with Gasteiger partial charge in [-0.3, -0.25) is 9.59 Å². The largest absolute Gasteiger partial charge is 0.369 e. The van der Waals surface area contributed by atoms with E-state index in [2.05, 4.69) is 0 Å². The summed E-state index contributed by atoms with van der Waals surface area (Å²) in [6.07, 6.45) is 0. The topological polar surface area (TPSA) is 124 Å². The summed E-state index contributed by atoms with van der Waals surface area (Å²) in [5.41, 5.74) is 9.83. The quantitative estimate of drug-likeness (QED) is 0.728. The molecule has 0 aliphatic carbocycles. The number of amides is 2. The predicted octanol–water partition coefficient (Wildman–Crippen LogP) is -0.560. The first kappa shape index (κ1) is 16.3. The zero-order chi connectivity index (χ0) is 15.5. The van der Waals surface area contributed by atoms with Crippen molar-refractivity contribution in [1.82, 2.24) is 4.31 Å². The molecule has 10 heteroatoms. The maximum atomic E-state index is 13.0. The molecule has 0 bridgehead atoms. The second-order valence-electron chi connectivity index (χ2n) is 3.78. The second-order valence-corrected chi connectivity index (χ2v) is 6.13. The number of rotatable bonds is 6. The number of halogens is 2. The Bertz CT molecular complexity index is 634. The molecule has 4 N–H and O–H groups in total. The highest BCUT2D eigenvalue weighted by Gasteiger charge is 2.28. The average Bonchev–Trinajstić information content (AvgIpc) is 2.30. The Labute approximate surface area is 119 Å². The Balaban J connectivity index is 3.24. The molecule has 0 aliphatic heterocycles. The fraction of sp³-hybridized carbons (Fsp3) is 0.200. The van der Waals surface area contributed by atoms with E-state index in [0.29, 0.717) is 4.31 Å². The van der Waals surface area contributed by atoms with E-state index in [0.717, 1.165) is 18.2 Å². The van der Waals surface area contributed by atoms with E-state index in [4.69, 9.17) is 23.1 Å². The summed E-state index contributed by atoms with van der Waals surface area (Å²) in [6.45, 7) is -1.47. The zero-order valence-corrected chi connectivity index (χ0v) is 11.6. The summed E-state index contributed by atoms with van der Waals surface area (Å²) in [5, 5.41) is -0.413. The number of carbonyl (C=O) groups excluding carboxylic acids is 2. The number of nitrogens with two attached hydrogens (primary N) is 2. The van der Waals surface area contributed by atoms with Crippen LogP contribution in [0.5, 0.6) is 0 Å². The van der Waals surface area contributed by atoms with Crippen LogP contribution in [0.3, 0.4) is 0 Å². The number of nitrogens with zero attached hydrogens (tertiary/aromatic N) is 1. The van der Waals surface area contributed by atoms with Crippen molar-refractivity contribution >= 4 is 33.4 Å². The number of hydrogen-bond donors (Lipinski definition) is 2. The van der Waals surface area contributed by atoms with Gasteiger partial charge in [0.05, 0.1) is 23.0 Å². The van der Waals surface area contributed by atoms with Gasteiger partial charge < -0.3 is 11.5 Å². The molecule has 7 nitrogen and oxygen atoms in total. The molecule has 1 rings (SSSR count). The van der Waals surface area contributed by atoms with E-state index in [9.17, 15) is 22.4 Å². The van der Waals surface area contributed by atoms with Crippen LogP contribution in [0.15, 0.2) is 23.1 Å². The normalized spacial score (nSPS) is 11.6. The third-order valence-electron chi connectivity index (χ3n) is 2.19. The smallest absolute Gasteiger partial charge is 0.244 e. The molecule has 0 atom stereocenters. The number of hydrogen-bond acceptors (Lipinski definition) is 4. The van der Waals surface area contributed by atoms with Gasteiger partial charge in [0, 0.05) is 0 Å². The highest BCUT2D eigenvalue weighted by molar-refractivity contribution is 7.89. The van der Waals surface area contributed by atoms with Crippen molar-refractivity contribution < 1.29 is 22.4 Å². The van der Waals surface area contributed by atoms with Crippen molar-refractivity contribution in [1.29, 1.82) is 0 Å². The van der Waals surface area contributed by atoms with E-state index >= 15 is 0 Å². The van der Waals surface area contributed by atoms with Gasteiger partial charge in [-0.25, -0.2) is 12.8 Å². The average molecular weight is 324 g/mol. The lowest BCUT2D eigenvalue weighted by molar-refractivity contribution is -0.120.